The Balaban J connectivity index is 1.12. The molecule has 0 aliphatic rings. The van der Waals surface area contributed by atoms with E-state index in [1.165, 1.54) is 66.1 Å². The van der Waals surface area contributed by atoms with Gasteiger partial charge in [0.15, 0.2) is 0 Å². The van der Waals surface area contributed by atoms with Gasteiger partial charge in [-0.1, -0.05) is 152 Å². The van der Waals surface area contributed by atoms with Crippen molar-refractivity contribution in [3.8, 4) is 39.1 Å². The van der Waals surface area contributed by atoms with Crippen LogP contribution in [0.3, 0.4) is 0 Å². The van der Waals surface area contributed by atoms with Gasteiger partial charge in [-0.2, -0.15) is 0 Å². The summed E-state index contributed by atoms with van der Waals surface area (Å²) in [5.74, 6) is 0. The Morgan fingerprint density at radius 3 is 1.33 bits per heavy atom. The molecule has 10 rings (SSSR count). The molecule has 0 unspecified atom stereocenters. The molecule has 52 heavy (non-hydrogen) atoms. The first-order chi connectivity index (χ1) is 25.8. The zero-order valence-electron chi connectivity index (χ0n) is 28.5. The van der Waals surface area contributed by atoms with E-state index in [1.54, 1.807) is 0 Å². The molecule has 0 fully saturated rings. The van der Waals surface area contributed by atoms with Crippen LogP contribution in [0.2, 0.25) is 0 Å². The van der Waals surface area contributed by atoms with Crippen molar-refractivity contribution in [2.45, 2.75) is 0 Å². The fourth-order valence-electron chi connectivity index (χ4n) is 7.92. The Morgan fingerprint density at radius 1 is 0.308 bits per heavy atom. The molecule has 10 aromatic rings. The largest absolute Gasteiger partial charge is 0.310 e. The van der Waals surface area contributed by atoms with Gasteiger partial charge in [-0.05, 0) is 93.2 Å². The van der Waals surface area contributed by atoms with Crippen molar-refractivity contribution in [2.24, 2.45) is 0 Å². The average molecular weight is 663 g/mol. The number of hydrogen-bond acceptors (Lipinski definition) is 1. The summed E-state index contributed by atoms with van der Waals surface area (Å²) in [5.41, 5.74) is 14.1. The zero-order chi connectivity index (χ0) is 34.4. The maximum absolute atomic E-state index is 2.45. The van der Waals surface area contributed by atoms with E-state index in [1.807, 2.05) is 0 Å². The van der Waals surface area contributed by atoms with E-state index in [4.69, 9.17) is 0 Å². The van der Waals surface area contributed by atoms with Gasteiger partial charge in [0, 0.05) is 33.4 Å². The molecular weight excluding hydrogens is 629 g/mol. The lowest BCUT2D eigenvalue weighted by Gasteiger charge is -2.27. The quantitative estimate of drug-likeness (QED) is 0.154. The Kier molecular flexibility index (Phi) is 7.18. The van der Waals surface area contributed by atoms with Crippen molar-refractivity contribution in [2.75, 3.05) is 4.90 Å². The van der Waals surface area contributed by atoms with Crippen LogP contribution in [0.5, 0.6) is 0 Å². The molecule has 0 atom stereocenters. The van der Waals surface area contributed by atoms with Gasteiger partial charge in [0.05, 0.1) is 16.7 Å². The SMILES string of the molecule is c1ccc(-c2ccc(N(c3ccc(-c4ccccc4)cc3)c3cccc(-c4ccccc4-n4c5cccc6ccc7cccc4c7c65)c3)cc2)cc1. The van der Waals surface area contributed by atoms with Crippen molar-refractivity contribution in [3.63, 3.8) is 0 Å². The first kappa shape index (κ1) is 30.0. The molecule has 0 aliphatic carbocycles. The number of para-hydroxylation sites is 1. The summed E-state index contributed by atoms with van der Waals surface area (Å²) in [6, 6.07) is 74.6. The van der Waals surface area contributed by atoms with Gasteiger partial charge in [-0.25, -0.2) is 0 Å². The van der Waals surface area contributed by atoms with E-state index < -0.39 is 0 Å². The minimum Gasteiger partial charge on any atom is -0.310 e. The lowest BCUT2D eigenvalue weighted by molar-refractivity contribution is 1.18. The number of nitrogens with zero attached hydrogens (tertiary/aromatic N) is 2. The molecular formula is C50H34N2. The number of aromatic nitrogens is 1. The molecule has 0 amide bonds. The predicted molar refractivity (Wildman–Crippen MR) is 220 cm³/mol. The van der Waals surface area contributed by atoms with Crippen LogP contribution in [-0.4, -0.2) is 4.57 Å². The van der Waals surface area contributed by atoms with Gasteiger partial charge in [-0.3, -0.25) is 0 Å². The van der Waals surface area contributed by atoms with Gasteiger partial charge < -0.3 is 9.47 Å². The third kappa shape index (κ3) is 5.04. The molecule has 0 saturated heterocycles. The van der Waals surface area contributed by atoms with Crippen LogP contribution in [0.1, 0.15) is 0 Å². The Morgan fingerprint density at radius 2 is 0.769 bits per heavy atom. The second-order valence-corrected chi connectivity index (χ2v) is 13.4. The summed E-state index contributed by atoms with van der Waals surface area (Å²) < 4.78 is 2.45. The molecule has 1 heterocycles. The topological polar surface area (TPSA) is 8.17 Å². The summed E-state index contributed by atoms with van der Waals surface area (Å²) in [6.07, 6.45) is 0. The van der Waals surface area contributed by atoms with Gasteiger partial charge >= 0.3 is 0 Å². The molecule has 9 aromatic carbocycles. The monoisotopic (exact) mass is 662 g/mol. The van der Waals surface area contributed by atoms with Gasteiger partial charge in [-0.15, -0.1) is 0 Å². The highest BCUT2D eigenvalue weighted by molar-refractivity contribution is 6.24. The smallest absolute Gasteiger partial charge is 0.0547 e. The van der Waals surface area contributed by atoms with E-state index in [0.29, 0.717) is 0 Å². The number of hydrogen-bond donors (Lipinski definition) is 0. The first-order valence-corrected chi connectivity index (χ1v) is 17.9. The minimum absolute atomic E-state index is 1.10. The van der Waals surface area contributed by atoms with Gasteiger partial charge in [0.25, 0.3) is 0 Å². The van der Waals surface area contributed by atoms with E-state index in [9.17, 15) is 0 Å². The standard InChI is InChI=1S/C50H34N2/c1-3-12-35(13-4-1)37-26-30-42(31-27-37)51(43-32-28-38(29-33-43)36-14-5-2-6-15-36)44-19-9-18-41(34-44)45-20-7-8-21-46(45)52-47-22-10-16-39-24-25-40-17-11-23-48(52)50(40)49(39)47/h1-34H. The molecule has 0 spiro atoms. The molecule has 1 aromatic heterocycles. The van der Waals surface area contributed by atoms with Crippen molar-refractivity contribution in [1.82, 2.24) is 4.57 Å². The van der Waals surface area contributed by atoms with E-state index in [0.717, 1.165) is 22.6 Å². The summed E-state index contributed by atoms with van der Waals surface area (Å²) in [4.78, 5) is 2.36. The first-order valence-electron chi connectivity index (χ1n) is 17.9. The predicted octanol–water partition coefficient (Wildman–Crippen LogP) is 13.8. The van der Waals surface area contributed by atoms with Gasteiger partial charge in [0.2, 0.25) is 0 Å². The normalized spacial score (nSPS) is 11.5. The fourth-order valence-corrected chi connectivity index (χ4v) is 7.92. The van der Waals surface area contributed by atoms with E-state index in [2.05, 4.69) is 216 Å². The number of anilines is 3. The number of rotatable bonds is 7. The summed E-state index contributed by atoms with van der Waals surface area (Å²) in [6.45, 7) is 0. The second kappa shape index (κ2) is 12.5. The second-order valence-electron chi connectivity index (χ2n) is 13.4. The molecule has 0 N–H and O–H groups in total. The Labute approximate surface area is 303 Å². The van der Waals surface area contributed by atoms with Crippen molar-refractivity contribution < 1.29 is 0 Å². The van der Waals surface area contributed by atoms with E-state index >= 15 is 0 Å². The lowest BCUT2D eigenvalue weighted by atomic mass is 10.0. The maximum Gasteiger partial charge on any atom is 0.0547 e. The molecule has 244 valence electrons. The van der Waals surface area contributed by atoms with Crippen LogP contribution in [0.25, 0.3) is 71.6 Å². The van der Waals surface area contributed by atoms with Crippen LogP contribution in [0.4, 0.5) is 17.1 Å². The van der Waals surface area contributed by atoms with Crippen LogP contribution in [0, 0.1) is 0 Å². The van der Waals surface area contributed by atoms with Crippen LogP contribution in [0.15, 0.2) is 206 Å². The summed E-state index contributed by atoms with van der Waals surface area (Å²) in [7, 11) is 0. The highest BCUT2D eigenvalue weighted by atomic mass is 15.1. The van der Waals surface area contributed by atoms with Gasteiger partial charge in [0.1, 0.15) is 0 Å². The molecule has 2 heteroatoms. The number of benzene rings is 9. The highest BCUT2D eigenvalue weighted by Gasteiger charge is 2.20. The fraction of sp³-hybridized carbons (Fsp3) is 0. The Bertz CT molecular complexity index is 2660. The van der Waals surface area contributed by atoms with Crippen LogP contribution in [-0.2, 0) is 0 Å². The van der Waals surface area contributed by atoms with Crippen LogP contribution < -0.4 is 4.90 Å². The average Bonchev–Trinajstić information content (AvgIpc) is 3.57. The third-order valence-electron chi connectivity index (χ3n) is 10.3. The molecule has 0 radical (unpaired) electrons. The molecule has 0 bridgehead atoms. The third-order valence-corrected chi connectivity index (χ3v) is 10.3. The van der Waals surface area contributed by atoms with E-state index in [-0.39, 0.29) is 0 Å². The zero-order valence-corrected chi connectivity index (χ0v) is 28.5. The van der Waals surface area contributed by atoms with Crippen molar-refractivity contribution >= 4 is 49.6 Å². The summed E-state index contributed by atoms with van der Waals surface area (Å²) >= 11 is 0. The molecule has 0 saturated carbocycles. The minimum atomic E-state index is 1.10. The lowest BCUT2D eigenvalue weighted by Crippen LogP contribution is -2.10. The molecule has 2 nitrogen and oxygen atoms in total. The summed E-state index contributed by atoms with van der Waals surface area (Å²) in [5, 5.41) is 5.18. The van der Waals surface area contributed by atoms with Crippen molar-refractivity contribution in [1.29, 1.82) is 0 Å². The Hall–Kier alpha value is -6.90. The highest BCUT2D eigenvalue weighted by Crippen LogP contribution is 2.42. The molecule has 0 aliphatic heterocycles. The maximum atomic E-state index is 2.45. The van der Waals surface area contributed by atoms with Crippen LogP contribution >= 0.6 is 0 Å². The van der Waals surface area contributed by atoms with Crippen molar-refractivity contribution in [3.05, 3.63) is 206 Å².